The van der Waals surface area contributed by atoms with Crippen molar-refractivity contribution in [2.75, 3.05) is 10.6 Å². The Morgan fingerprint density at radius 3 is 2.73 bits per heavy atom. The summed E-state index contributed by atoms with van der Waals surface area (Å²) in [7, 11) is 0. The van der Waals surface area contributed by atoms with Crippen LogP contribution >= 0.6 is 11.3 Å². The molecule has 1 unspecified atom stereocenters. The zero-order valence-corrected chi connectivity index (χ0v) is 13.5. The number of nitrogens with one attached hydrogen (secondary N) is 2. The smallest absolute Gasteiger partial charge is 0.234 e. The van der Waals surface area contributed by atoms with Crippen LogP contribution in [0.4, 0.5) is 16.3 Å². The van der Waals surface area contributed by atoms with Gasteiger partial charge in [0.1, 0.15) is 11.6 Å². The number of carbonyl (C=O) groups is 1. The van der Waals surface area contributed by atoms with E-state index in [0.717, 1.165) is 11.3 Å². The van der Waals surface area contributed by atoms with Gasteiger partial charge < -0.3 is 5.32 Å². The number of aryl methyl sites for hydroxylation is 2. The molecule has 0 radical (unpaired) electrons. The fraction of sp³-hybridized carbons (Fsp3) is 0.429. The Kier molecular flexibility index (Phi) is 5.37. The van der Waals surface area contributed by atoms with Crippen LogP contribution in [0.3, 0.4) is 0 Å². The number of hydrogen-bond donors (Lipinski definition) is 2. The van der Waals surface area contributed by atoms with Crippen molar-refractivity contribution in [2.45, 2.75) is 39.7 Å². The monoisotopic (exact) mass is 323 g/mol. The number of aromatic nitrogens is 3. The zero-order valence-electron chi connectivity index (χ0n) is 12.7. The Hall–Kier alpha value is -2.09. The SMILES string of the molecule is CC(=O)Nc1nc(C)nc(NC(C)CCc2sccc2F)n1. The molecular weight excluding hydrogens is 305 g/mol. The lowest BCUT2D eigenvalue weighted by molar-refractivity contribution is -0.114. The van der Waals surface area contributed by atoms with E-state index in [0.29, 0.717) is 18.2 Å². The van der Waals surface area contributed by atoms with E-state index >= 15 is 0 Å². The summed E-state index contributed by atoms with van der Waals surface area (Å²) in [6.07, 6.45) is 1.40. The van der Waals surface area contributed by atoms with Crippen LogP contribution in [-0.2, 0) is 11.2 Å². The molecule has 6 nitrogen and oxygen atoms in total. The topological polar surface area (TPSA) is 79.8 Å². The van der Waals surface area contributed by atoms with Gasteiger partial charge in [-0.15, -0.1) is 11.3 Å². The van der Waals surface area contributed by atoms with Crippen LogP contribution in [0.1, 0.15) is 31.0 Å². The van der Waals surface area contributed by atoms with Gasteiger partial charge in [0.25, 0.3) is 0 Å². The van der Waals surface area contributed by atoms with E-state index in [1.807, 2.05) is 6.92 Å². The summed E-state index contributed by atoms with van der Waals surface area (Å²) in [6, 6.07) is 1.54. The highest BCUT2D eigenvalue weighted by molar-refractivity contribution is 7.09. The van der Waals surface area contributed by atoms with E-state index in [4.69, 9.17) is 0 Å². The molecule has 2 aromatic rings. The summed E-state index contributed by atoms with van der Waals surface area (Å²) >= 11 is 1.42. The number of anilines is 2. The standard InChI is InChI=1S/C14H18FN5OS/c1-8(4-5-12-11(15)6-7-22-12)16-13-17-9(2)18-14(20-13)19-10(3)21/h6-8H,4-5H2,1-3H3,(H2,16,17,18,19,20,21). The molecule has 2 N–H and O–H groups in total. The second-order valence-corrected chi connectivity index (χ2v) is 5.99. The van der Waals surface area contributed by atoms with Gasteiger partial charge in [0, 0.05) is 17.8 Å². The van der Waals surface area contributed by atoms with Crippen molar-refractivity contribution in [3.63, 3.8) is 0 Å². The first-order chi connectivity index (χ1) is 10.4. The zero-order chi connectivity index (χ0) is 16.1. The van der Waals surface area contributed by atoms with Gasteiger partial charge >= 0.3 is 0 Å². The normalized spacial score (nSPS) is 12.0. The number of nitrogens with zero attached hydrogens (tertiary/aromatic N) is 3. The van der Waals surface area contributed by atoms with Gasteiger partial charge in [-0.25, -0.2) is 4.39 Å². The number of amides is 1. The highest BCUT2D eigenvalue weighted by Crippen LogP contribution is 2.18. The Bertz CT molecular complexity index is 660. The van der Waals surface area contributed by atoms with Gasteiger partial charge in [0.15, 0.2) is 0 Å². The minimum Gasteiger partial charge on any atom is -0.352 e. The lowest BCUT2D eigenvalue weighted by Gasteiger charge is -2.14. The minimum absolute atomic E-state index is 0.0634. The number of halogens is 1. The van der Waals surface area contributed by atoms with Crippen molar-refractivity contribution in [2.24, 2.45) is 0 Å². The largest absolute Gasteiger partial charge is 0.352 e. The van der Waals surface area contributed by atoms with Crippen molar-refractivity contribution in [3.8, 4) is 0 Å². The van der Waals surface area contributed by atoms with Crippen molar-refractivity contribution in [1.82, 2.24) is 15.0 Å². The molecule has 0 aromatic carbocycles. The van der Waals surface area contributed by atoms with Gasteiger partial charge in [0.05, 0.1) is 0 Å². The quantitative estimate of drug-likeness (QED) is 0.854. The van der Waals surface area contributed by atoms with Crippen molar-refractivity contribution < 1.29 is 9.18 Å². The molecule has 0 aliphatic rings. The van der Waals surface area contributed by atoms with Gasteiger partial charge in [-0.2, -0.15) is 15.0 Å². The minimum atomic E-state index is -0.238. The Morgan fingerprint density at radius 1 is 1.36 bits per heavy atom. The fourth-order valence-corrected chi connectivity index (χ4v) is 2.67. The van der Waals surface area contributed by atoms with Crippen LogP contribution < -0.4 is 10.6 Å². The lowest BCUT2D eigenvalue weighted by Crippen LogP contribution is -2.20. The van der Waals surface area contributed by atoms with Gasteiger partial charge in [0.2, 0.25) is 17.8 Å². The van der Waals surface area contributed by atoms with E-state index < -0.39 is 0 Å². The maximum atomic E-state index is 13.4. The summed E-state index contributed by atoms with van der Waals surface area (Å²) in [4.78, 5) is 24.2. The number of thiophene rings is 1. The van der Waals surface area contributed by atoms with E-state index in [-0.39, 0.29) is 23.7 Å². The molecule has 1 atom stereocenters. The molecule has 22 heavy (non-hydrogen) atoms. The predicted molar refractivity (Wildman–Crippen MR) is 84.6 cm³/mol. The molecule has 0 saturated carbocycles. The van der Waals surface area contributed by atoms with Gasteiger partial charge in [-0.05, 0) is 38.1 Å². The maximum Gasteiger partial charge on any atom is 0.234 e. The van der Waals surface area contributed by atoms with Crippen molar-refractivity contribution in [1.29, 1.82) is 0 Å². The summed E-state index contributed by atoms with van der Waals surface area (Å²) in [5.41, 5.74) is 0. The van der Waals surface area contributed by atoms with Crippen LogP contribution in [-0.4, -0.2) is 26.9 Å². The maximum absolute atomic E-state index is 13.4. The average molecular weight is 323 g/mol. The summed E-state index contributed by atoms with van der Waals surface area (Å²) < 4.78 is 13.4. The lowest BCUT2D eigenvalue weighted by atomic mass is 10.1. The molecule has 0 aliphatic carbocycles. The summed E-state index contributed by atoms with van der Waals surface area (Å²) in [5.74, 6) is 0.742. The third-order valence-electron chi connectivity index (χ3n) is 2.91. The van der Waals surface area contributed by atoms with Crippen molar-refractivity contribution in [3.05, 3.63) is 28.0 Å². The molecule has 1 amide bonds. The number of rotatable bonds is 6. The van der Waals surface area contributed by atoms with Crippen molar-refractivity contribution >= 4 is 29.1 Å². The molecule has 0 bridgehead atoms. The molecular formula is C14H18FN5OS. The average Bonchev–Trinajstić information content (AvgIpc) is 2.80. The van der Waals surface area contributed by atoms with E-state index in [9.17, 15) is 9.18 Å². The molecule has 2 heterocycles. The van der Waals surface area contributed by atoms with Crippen LogP contribution in [0, 0.1) is 12.7 Å². The second-order valence-electron chi connectivity index (χ2n) is 4.99. The third-order valence-corrected chi connectivity index (χ3v) is 3.86. The Labute approximate surface area is 132 Å². The summed E-state index contributed by atoms with van der Waals surface area (Å²) in [5, 5.41) is 7.43. The Morgan fingerprint density at radius 2 is 2.09 bits per heavy atom. The molecule has 0 aliphatic heterocycles. The first-order valence-electron chi connectivity index (χ1n) is 6.92. The molecule has 8 heteroatoms. The van der Waals surface area contributed by atoms with E-state index in [1.165, 1.54) is 24.3 Å². The molecule has 2 aromatic heterocycles. The van der Waals surface area contributed by atoms with Gasteiger partial charge in [-0.3, -0.25) is 10.1 Å². The molecule has 2 rings (SSSR count). The molecule has 0 spiro atoms. The second kappa shape index (κ2) is 7.26. The highest BCUT2D eigenvalue weighted by Gasteiger charge is 2.10. The summed E-state index contributed by atoms with van der Waals surface area (Å²) in [6.45, 7) is 5.09. The molecule has 0 fully saturated rings. The van der Waals surface area contributed by atoms with Crippen LogP contribution in [0.5, 0.6) is 0 Å². The van der Waals surface area contributed by atoms with E-state index in [1.54, 1.807) is 12.3 Å². The van der Waals surface area contributed by atoms with Crippen LogP contribution in [0.25, 0.3) is 0 Å². The van der Waals surface area contributed by atoms with Crippen LogP contribution in [0.2, 0.25) is 0 Å². The molecule has 0 saturated heterocycles. The van der Waals surface area contributed by atoms with Crippen LogP contribution in [0.15, 0.2) is 11.4 Å². The number of hydrogen-bond acceptors (Lipinski definition) is 6. The predicted octanol–water partition coefficient (Wildman–Crippen LogP) is 2.77. The van der Waals surface area contributed by atoms with Gasteiger partial charge in [-0.1, -0.05) is 0 Å². The molecule has 118 valence electrons. The number of carbonyl (C=O) groups excluding carboxylic acids is 1. The van der Waals surface area contributed by atoms with E-state index in [2.05, 4.69) is 25.6 Å². The first-order valence-corrected chi connectivity index (χ1v) is 7.80. The highest BCUT2D eigenvalue weighted by atomic mass is 32.1. The Balaban J connectivity index is 1.95. The first kappa shape index (κ1) is 16.3. The fourth-order valence-electron chi connectivity index (χ4n) is 1.90. The third kappa shape index (κ3) is 4.73.